The average Bonchev–Trinajstić information content (AvgIpc) is 3.16. The number of anilines is 1. The number of aromatic nitrogens is 4. The molecule has 0 spiro atoms. The van der Waals surface area contributed by atoms with Crippen molar-refractivity contribution in [2.75, 3.05) is 11.1 Å². The summed E-state index contributed by atoms with van der Waals surface area (Å²) in [4.78, 5) is 23.3. The fourth-order valence-corrected chi connectivity index (χ4v) is 4.22. The van der Waals surface area contributed by atoms with Crippen LogP contribution in [0, 0.1) is 6.92 Å². The van der Waals surface area contributed by atoms with Crippen molar-refractivity contribution in [3.8, 4) is 5.69 Å². The Labute approximate surface area is 159 Å². The minimum absolute atomic E-state index is 0.0697. The predicted octanol–water partition coefficient (Wildman–Crippen LogP) is 2.39. The van der Waals surface area contributed by atoms with Gasteiger partial charge in [0.25, 0.3) is 0 Å². The Morgan fingerprint density at radius 3 is 2.56 bits per heavy atom. The van der Waals surface area contributed by atoms with Gasteiger partial charge in [0.15, 0.2) is 0 Å². The van der Waals surface area contributed by atoms with Gasteiger partial charge in [0, 0.05) is 23.9 Å². The molecule has 0 fully saturated rings. The number of hydrogen-bond acceptors (Lipinski definition) is 5. The van der Waals surface area contributed by atoms with E-state index in [2.05, 4.69) is 15.5 Å². The van der Waals surface area contributed by atoms with E-state index in [0.29, 0.717) is 17.3 Å². The summed E-state index contributed by atoms with van der Waals surface area (Å²) in [6.07, 6.45) is 3.57. The van der Waals surface area contributed by atoms with Crippen molar-refractivity contribution in [3.05, 3.63) is 59.0 Å². The molecular formula is C18H17N5O3S. The van der Waals surface area contributed by atoms with Gasteiger partial charge >= 0.3 is 5.97 Å². The highest BCUT2D eigenvalue weighted by Gasteiger charge is 2.30. The number of carbonyl (C=O) groups is 2. The second-order valence-corrected chi connectivity index (χ2v) is 7.35. The maximum absolute atomic E-state index is 12.3. The van der Waals surface area contributed by atoms with Crippen LogP contribution in [0.2, 0.25) is 0 Å². The molecule has 138 valence electrons. The molecule has 0 bridgehead atoms. The maximum Gasteiger partial charge on any atom is 0.335 e. The van der Waals surface area contributed by atoms with Crippen LogP contribution in [-0.2, 0) is 11.8 Å². The van der Waals surface area contributed by atoms with E-state index in [1.807, 2.05) is 24.9 Å². The normalized spacial score (nSPS) is 16.5. The monoisotopic (exact) mass is 383 g/mol. The van der Waals surface area contributed by atoms with Crippen LogP contribution in [0.15, 0.2) is 36.7 Å². The molecule has 2 N–H and O–H groups in total. The van der Waals surface area contributed by atoms with E-state index in [1.165, 1.54) is 23.9 Å². The second kappa shape index (κ2) is 6.58. The molecule has 4 rings (SSSR count). The lowest BCUT2D eigenvalue weighted by atomic mass is 10.1. The lowest BCUT2D eigenvalue weighted by molar-refractivity contribution is -0.113. The summed E-state index contributed by atoms with van der Waals surface area (Å²) in [5, 5.41) is 20.7. The summed E-state index contributed by atoms with van der Waals surface area (Å²) < 4.78 is 3.44. The summed E-state index contributed by atoms with van der Waals surface area (Å²) in [5.74, 6) is -0.167. The molecule has 0 saturated carbocycles. The van der Waals surface area contributed by atoms with Gasteiger partial charge in [0.2, 0.25) is 5.91 Å². The number of fused-ring (bicyclic) bond motifs is 1. The van der Waals surface area contributed by atoms with Crippen LogP contribution >= 0.6 is 11.8 Å². The number of amides is 1. The Morgan fingerprint density at radius 1 is 1.22 bits per heavy atom. The van der Waals surface area contributed by atoms with Gasteiger partial charge in [-0.2, -0.15) is 10.2 Å². The molecule has 1 aromatic carbocycles. The van der Waals surface area contributed by atoms with Crippen LogP contribution in [0.25, 0.3) is 5.69 Å². The van der Waals surface area contributed by atoms with Crippen molar-refractivity contribution < 1.29 is 14.7 Å². The van der Waals surface area contributed by atoms with Crippen molar-refractivity contribution in [2.45, 2.75) is 12.2 Å². The summed E-state index contributed by atoms with van der Waals surface area (Å²) in [5.41, 5.74) is 3.84. The Kier molecular flexibility index (Phi) is 4.23. The Hall–Kier alpha value is -3.07. The fourth-order valence-electron chi connectivity index (χ4n) is 3.07. The lowest BCUT2D eigenvalue weighted by Gasteiger charge is -2.13. The number of aryl methyl sites for hydroxylation is 1. The number of thioether (sulfide) groups is 1. The number of hydrogen-bond donors (Lipinski definition) is 2. The zero-order valence-electron chi connectivity index (χ0n) is 14.7. The Morgan fingerprint density at radius 2 is 1.93 bits per heavy atom. The van der Waals surface area contributed by atoms with Crippen molar-refractivity contribution in [1.29, 1.82) is 0 Å². The molecule has 0 aliphatic carbocycles. The zero-order valence-corrected chi connectivity index (χ0v) is 15.5. The zero-order chi connectivity index (χ0) is 19.1. The minimum atomic E-state index is -0.988. The van der Waals surface area contributed by atoms with E-state index in [1.54, 1.807) is 23.0 Å². The van der Waals surface area contributed by atoms with Crippen molar-refractivity contribution in [3.63, 3.8) is 0 Å². The van der Waals surface area contributed by atoms with Gasteiger partial charge in [-0.15, -0.1) is 11.8 Å². The van der Waals surface area contributed by atoms with Crippen LogP contribution in [0.4, 0.5) is 5.82 Å². The van der Waals surface area contributed by atoms with E-state index in [-0.39, 0.29) is 16.7 Å². The topological polar surface area (TPSA) is 102 Å². The first-order valence-corrected chi connectivity index (χ1v) is 9.32. The summed E-state index contributed by atoms with van der Waals surface area (Å²) in [6, 6.07) is 6.38. The number of carboxylic acids is 1. The number of carboxylic acid groups (broad SMARTS) is 1. The molecule has 1 aliphatic heterocycles. The number of aromatic carboxylic acids is 1. The number of nitrogens with one attached hydrogen (secondary N) is 1. The standard InChI is InChI=1S/C18H17N5O3S/c1-10-13(7-19-22(10)2)16-14-8-20-23(17(14)21-15(24)9-27-16)12-5-3-11(4-6-12)18(25)26/h3-8,16H,9H2,1-2H3,(H,21,24)(H,25,26). The molecule has 8 nitrogen and oxygen atoms in total. The summed E-state index contributed by atoms with van der Waals surface area (Å²) in [6.45, 7) is 2.00. The van der Waals surface area contributed by atoms with Crippen LogP contribution in [-0.4, -0.2) is 42.3 Å². The molecule has 3 aromatic rings. The van der Waals surface area contributed by atoms with Crippen molar-refractivity contribution in [1.82, 2.24) is 19.6 Å². The van der Waals surface area contributed by atoms with E-state index in [9.17, 15) is 9.59 Å². The molecule has 9 heteroatoms. The summed E-state index contributed by atoms with van der Waals surface area (Å²) in [7, 11) is 1.89. The van der Waals surface area contributed by atoms with Gasteiger partial charge in [-0.1, -0.05) is 0 Å². The molecule has 1 atom stereocenters. The van der Waals surface area contributed by atoms with Gasteiger partial charge in [-0.05, 0) is 31.2 Å². The largest absolute Gasteiger partial charge is 0.478 e. The first kappa shape index (κ1) is 17.3. The average molecular weight is 383 g/mol. The highest BCUT2D eigenvalue weighted by molar-refractivity contribution is 8.00. The van der Waals surface area contributed by atoms with Gasteiger partial charge in [0.05, 0.1) is 34.6 Å². The van der Waals surface area contributed by atoms with Crippen molar-refractivity contribution in [2.24, 2.45) is 7.05 Å². The van der Waals surface area contributed by atoms with Gasteiger partial charge in [-0.25, -0.2) is 9.48 Å². The molecular weight excluding hydrogens is 366 g/mol. The highest BCUT2D eigenvalue weighted by Crippen LogP contribution is 2.42. The predicted molar refractivity (Wildman–Crippen MR) is 101 cm³/mol. The van der Waals surface area contributed by atoms with Crippen LogP contribution in [0.3, 0.4) is 0 Å². The fraction of sp³-hybridized carbons (Fsp3) is 0.222. The lowest BCUT2D eigenvalue weighted by Crippen LogP contribution is -2.15. The summed E-state index contributed by atoms with van der Waals surface area (Å²) >= 11 is 1.53. The third-order valence-corrected chi connectivity index (χ3v) is 5.90. The molecule has 2 aromatic heterocycles. The minimum Gasteiger partial charge on any atom is -0.478 e. The molecule has 27 heavy (non-hydrogen) atoms. The number of benzene rings is 1. The third-order valence-electron chi connectivity index (χ3n) is 4.63. The SMILES string of the molecule is Cc1c(C2SCC(=O)Nc3c2cnn3-c2ccc(C(=O)O)cc2)cnn1C. The number of carbonyl (C=O) groups excluding carboxylic acids is 1. The van der Waals surface area contributed by atoms with Gasteiger partial charge in [-0.3, -0.25) is 9.48 Å². The Balaban J connectivity index is 1.80. The number of nitrogens with zero attached hydrogens (tertiary/aromatic N) is 4. The van der Waals surface area contributed by atoms with Crippen LogP contribution < -0.4 is 5.32 Å². The second-order valence-electron chi connectivity index (χ2n) is 6.26. The molecule has 1 amide bonds. The van der Waals surface area contributed by atoms with E-state index in [4.69, 9.17) is 5.11 Å². The van der Waals surface area contributed by atoms with Gasteiger partial charge in [0.1, 0.15) is 5.82 Å². The molecule has 1 aliphatic rings. The molecule has 1 unspecified atom stereocenters. The third kappa shape index (κ3) is 2.99. The van der Waals surface area contributed by atoms with Crippen LogP contribution in [0.1, 0.15) is 32.4 Å². The maximum atomic E-state index is 12.3. The smallest absolute Gasteiger partial charge is 0.335 e. The number of rotatable bonds is 3. The quantitative estimate of drug-likeness (QED) is 0.720. The Bertz CT molecular complexity index is 1040. The molecule has 3 heterocycles. The first-order chi connectivity index (χ1) is 13.0. The highest BCUT2D eigenvalue weighted by atomic mass is 32.2. The van der Waals surface area contributed by atoms with E-state index < -0.39 is 5.97 Å². The van der Waals surface area contributed by atoms with E-state index in [0.717, 1.165) is 16.8 Å². The van der Waals surface area contributed by atoms with Crippen LogP contribution in [0.5, 0.6) is 0 Å². The van der Waals surface area contributed by atoms with Gasteiger partial charge < -0.3 is 10.4 Å². The molecule has 0 saturated heterocycles. The van der Waals surface area contributed by atoms with Crippen molar-refractivity contribution >= 4 is 29.5 Å². The molecule has 0 radical (unpaired) electrons. The first-order valence-electron chi connectivity index (χ1n) is 8.27. The van der Waals surface area contributed by atoms with E-state index >= 15 is 0 Å².